The Morgan fingerprint density at radius 1 is 1.08 bits per heavy atom. The second kappa shape index (κ2) is 7.52. The Bertz CT molecular complexity index is 726. The molecule has 1 aliphatic heterocycles. The van der Waals surface area contributed by atoms with Gasteiger partial charge in [-0.3, -0.25) is 10.1 Å². The lowest BCUT2D eigenvalue weighted by molar-refractivity contribution is 0.102. The fourth-order valence-electron chi connectivity index (χ4n) is 3.68. The van der Waals surface area contributed by atoms with Crippen molar-refractivity contribution >= 4 is 28.2 Å². The summed E-state index contributed by atoms with van der Waals surface area (Å²) >= 11 is 1.64. The molecule has 4 rings (SSSR count). The molecule has 0 unspecified atom stereocenters. The molecular formula is C19H24N4OS. The van der Waals surface area contributed by atoms with Crippen molar-refractivity contribution in [1.82, 2.24) is 9.97 Å². The highest BCUT2D eigenvalue weighted by Gasteiger charge is 2.22. The average Bonchev–Trinajstić information content (AvgIpc) is 3.25. The molecule has 0 bridgehead atoms. The summed E-state index contributed by atoms with van der Waals surface area (Å²) in [5.74, 6) is 0.698. The summed E-state index contributed by atoms with van der Waals surface area (Å²) in [6, 6.07) is 3.69. The van der Waals surface area contributed by atoms with E-state index in [2.05, 4.69) is 15.2 Å². The number of thiazole rings is 1. The van der Waals surface area contributed by atoms with E-state index in [-0.39, 0.29) is 5.91 Å². The van der Waals surface area contributed by atoms with E-state index in [1.165, 1.54) is 36.3 Å². The van der Waals surface area contributed by atoms with Crippen LogP contribution in [0.1, 0.15) is 59.5 Å². The molecule has 0 saturated carbocycles. The molecule has 1 aliphatic carbocycles. The van der Waals surface area contributed by atoms with Crippen LogP contribution in [0.2, 0.25) is 0 Å². The first-order chi connectivity index (χ1) is 12.3. The van der Waals surface area contributed by atoms with Crippen molar-refractivity contribution in [1.29, 1.82) is 0 Å². The van der Waals surface area contributed by atoms with Gasteiger partial charge in [0.15, 0.2) is 5.13 Å². The SMILES string of the molecule is O=C(Nc1nc2c(s1)CCCCCC2)c1cccnc1N1CCCC1. The van der Waals surface area contributed by atoms with Gasteiger partial charge >= 0.3 is 0 Å². The number of carbonyl (C=O) groups is 1. The van der Waals surface area contributed by atoms with E-state index in [1.807, 2.05) is 12.1 Å². The van der Waals surface area contributed by atoms with E-state index >= 15 is 0 Å². The monoisotopic (exact) mass is 356 g/mol. The van der Waals surface area contributed by atoms with E-state index in [0.29, 0.717) is 5.56 Å². The molecule has 0 radical (unpaired) electrons. The third-order valence-corrected chi connectivity index (χ3v) is 6.08. The second-order valence-electron chi connectivity index (χ2n) is 6.83. The lowest BCUT2D eigenvalue weighted by Gasteiger charge is -2.19. The van der Waals surface area contributed by atoms with Crippen molar-refractivity contribution in [3.8, 4) is 0 Å². The molecule has 1 saturated heterocycles. The van der Waals surface area contributed by atoms with E-state index in [4.69, 9.17) is 4.98 Å². The van der Waals surface area contributed by atoms with Crippen LogP contribution in [0.4, 0.5) is 10.9 Å². The van der Waals surface area contributed by atoms with Gasteiger partial charge in [-0.2, -0.15) is 0 Å². The summed E-state index contributed by atoms with van der Waals surface area (Å²) < 4.78 is 0. The number of nitrogens with zero attached hydrogens (tertiary/aromatic N) is 3. The van der Waals surface area contributed by atoms with Gasteiger partial charge in [-0.25, -0.2) is 9.97 Å². The number of hydrogen-bond donors (Lipinski definition) is 1. The summed E-state index contributed by atoms with van der Waals surface area (Å²) in [4.78, 5) is 25.5. The minimum atomic E-state index is -0.100. The first-order valence-electron chi connectivity index (χ1n) is 9.31. The zero-order chi connectivity index (χ0) is 17.1. The lowest BCUT2D eigenvalue weighted by Crippen LogP contribution is -2.24. The summed E-state index contributed by atoms with van der Waals surface area (Å²) in [6.07, 6.45) is 11.2. The molecule has 25 heavy (non-hydrogen) atoms. The van der Waals surface area contributed by atoms with E-state index in [1.54, 1.807) is 17.5 Å². The van der Waals surface area contributed by atoms with Gasteiger partial charge < -0.3 is 4.90 Å². The second-order valence-corrected chi connectivity index (χ2v) is 7.91. The largest absolute Gasteiger partial charge is 0.356 e. The van der Waals surface area contributed by atoms with Crippen molar-refractivity contribution in [3.05, 3.63) is 34.5 Å². The molecule has 3 heterocycles. The number of aryl methyl sites for hydroxylation is 2. The normalized spacial score (nSPS) is 17.7. The zero-order valence-electron chi connectivity index (χ0n) is 14.5. The summed E-state index contributed by atoms with van der Waals surface area (Å²) in [5, 5.41) is 3.75. The molecule has 1 N–H and O–H groups in total. The predicted octanol–water partition coefficient (Wildman–Crippen LogP) is 4.05. The van der Waals surface area contributed by atoms with Crippen molar-refractivity contribution in [2.24, 2.45) is 0 Å². The molecule has 1 fully saturated rings. The number of rotatable bonds is 3. The Morgan fingerprint density at radius 3 is 2.72 bits per heavy atom. The lowest BCUT2D eigenvalue weighted by atomic mass is 10.0. The zero-order valence-corrected chi connectivity index (χ0v) is 15.3. The number of hydrogen-bond acceptors (Lipinski definition) is 5. The molecule has 0 atom stereocenters. The molecule has 2 aromatic heterocycles. The topological polar surface area (TPSA) is 58.1 Å². The molecule has 5 nitrogen and oxygen atoms in total. The standard InChI is InChI=1S/C19H24N4OS/c24-18(14-8-7-11-20-17(14)23-12-5-6-13-23)22-19-21-15-9-3-1-2-4-10-16(15)25-19/h7-8,11H,1-6,9-10,12-13H2,(H,21,22,24). The quantitative estimate of drug-likeness (QED) is 0.901. The van der Waals surface area contributed by atoms with Crippen molar-refractivity contribution in [2.45, 2.75) is 51.4 Å². The number of nitrogens with one attached hydrogen (secondary N) is 1. The Labute approximate surface area is 152 Å². The van der Waals surface area contributed by atoms with Crippen LogP contribution in [0.5, 0.6) is 0 Å². The van der Waals surface area contributed by atoms with Gasteiger partial charge in [0.2, 0.25) is 0 Å². The van der Waals surface area contributed by atoms with Gasteiger partial charge in [-0.1, -0.05) is 12.8 Å². The number of aromatic nitrogens is 2. The fraction of sp³-hybridized carbons (Fsp3) is 0.526. The maximum atomic E-state index is 12.8. The highest BCUT2D eigenvalue weighted by Crippen LogP contribution is 2.29. The Morgan fingerprint density at radius 2 is 1.88 bits per heavy atom. The first kappa shape index (κ1) is 16.5. The van der Waals surface area contributed by atoms with Crippen LogP contribution in [0.25, 0.3) is 0 Å². The average molecular weight is 356 g/mol. The first-order valence-corrected chi connectivity index (χ1v) is 10.1. The molecule has 1 amide bonds. The molecule has 132 valence electrons. The fourth-order valence-corrected chi connectivity index (χ4v) is 4.72. The minimum absolute atomic E-state index is 0.100. The molecular weight excluding hydrogens is 332 g/mol. The molecule has 0 spiro atoms. The van der Waals surface area contributed by atoms with Gasteiger partial charge in [-0.05, 0) is 50.7 Å². The van der Waals surface area contributed by atoms with Crippen molar-refractivity contribution in [2.75, 3.05) is 23.3 Å². The third kappa shape index (κ3) is 3.68. The maximum Gasteiger partial charge on any atom is 0.261 e. The van der Waals surface area contributed by atoms with Crippen LogP contribution in [0, 0.1) is 0 Å². The van der Waals surface area contributed by atoms with E-state index in [9.17, 15) is 4.79 Å². The maximum absolute atomic E-state index is 12.8. The molecule has 6 heteroatoms. The van der Waals surface area contributed by atoms with Crippen LogP contribution >= 0.6 is 11.3 Å². The Hall–Kier alpha value is -1.95. The predicted molar refractivity (Wildman–Crippen MR) is 102 cm³/mol. The van der Waals surface area contributed by atoms with Crippen LogP contribution < -0.4 is 10.2 Å². The van der Waals surface area contributed by atoms with Crippen LogP contribution in [0.15, 0.2) is 18.3 Å². The van der Waals surface area contributed by atoms with Gasteiger partial charge in [0.05, 0.1) is 11.3 Å². The van der Waals surface area contributed by atoms with Crippen LogP contribution in [-0.2, 0) is 12.8 Å². The molecule has 0 aromatic carbocycles. The smallest absolute Gasteiger partial charge is 0.261 e. The number of pyridine rings is 1. The number of anilines is 2. The molecule has 2 aliphatic rings. The third-order valence-electron chi connectivity index (χ3n) is 5.00. The van der Waals surface area contributed by atoms with Gasteiger partial charge in [0.25, 0.3) is 5.91 Å². The van der Waals surface area contributed by atoms with Crippen molar-refractivity contribution in [3.63, 3.8) is 0 Å². The van der Waals surface area contributed by atoms with Crippen molar-refractivity contribution < 1.29 is 4.79 Å². The number of fused-ring (bicyclic) bond motifs is 1. The van der Waals surface area contributed by atoms with Crippen LogP contribution in [0.3, 0.4) is 0 Å². The van der Waals surface area contributed by atoms with Gasteiger partial charge in [-0.15, -0.1) is 11.3 Å². The van der Waals surface area contributed by atoms with Gasteiger partial charge in [0, 0.05) is 24.2 Å². The Kier molecular flexibility index (Phi) is 4.97. The molecule has 2 aromatic rings. The number of carbonyl (C=O) groups excluding carboxylic acids is 1. The summed E-state index contributed by atoms with van der Waals surface area (Å²) in [7, 11) is 0. The Balaban J connectivity index is 1.53. The summed E-state index contributed by atoms with van der Waals surface area (Å²) in [5.41, 5.74) is 1.83. The minimum Gasteiger partial charge on any atom is -0.356 e. The van der Waals surface area contributed by atoms with Crippen LogP contribution in [-0.4, -0.2) is 29.0 Å². The highest BCUT2D eigenvalue weighted by atomic mass is 32.1. The summed E-state index contributed by atoms with van der Waals surface area (Å²) in [6.45, 7) is 1.95. The number of amides is 1. The van der Waals surface area contributed by atoms with E-state index in [0.717, 1.165) is 49.7 Å². The van der Waals surface area contributed by atoms with E-state index < -0.39 is 0 Å². The van der Waals surface area contributed by atoms with Gasteiger partial charge in [0.1, 0.15) is 5.82 Å². The highest BCUT2D eigenvalue weighted by molar-refractivity contribution is 7.15.